The van der Waals surface area contributed by atoms with Crippen LogP contribution in [0.1, 0.15) is 45.4 Å². The fourth-order valence-corrected chi connectivity index (χ4v) is 3.47. The summed E-state index contributed by atoms with van der Waals surface area (Å²) >= 11 is 0. The molecule has 0 bridgehead atoms. The first-order chi connectivity index (χ1) is 8.29. The summed E-state index contributed by atoms with van der Waals surface area (Å²) in [6, 6.07) is 0.706. The van der Waals surface area contributed by atoms with Crippen molar-refractivity contribution in [2.24, 2.45) is 0 Å². The van der Waals surface area contributed by atoms with Crippen molar-refractivity contribution in [3.8, 4) is 0 Å². The molecular formula is C14H28N2O. The quantitative estimate of drug-likeness (QED) is 0.813. The number of piperazine rings is 1. The van der Waals surface area contributed by atoms with Gasteiger partial charge in [0, 0.05) is 38.3 Å². The molecule has 1 saturated heterocycles. The van der Waals surface area contributed by atoms with E-state index in [1.807, 2.05) is 0 Å². The number of hydrogen-bond donors (Lipinski definition) is 1. The highest BCUT2D eigenvalue weighted by atomic mass is 16.5. The van der Waals surface area contributed by atoms with Crippen molar-refractivity contribution in [3.63, 3.8) is 0 Å². The lowest BCUT2D eigenvalue weighted by atomic mass is 9.79. The van der Waals surface area contributed by atoms with E-state index >= 15 is 0 Å². The summed E-state index contributed by atoms with van der Waals surface area (Å²) in [7, 11) is 1.81. The molecule has 3 nitrogen and oxygen atoms in total. The molecule has 3 heteroatoms. The SMILES string of the molecule is CCC1CNC2(CCCCC2)CN1CCOC. The molecule has 1 spiro atoms. The standard InChI is InChI=1S/C14H28N2O/c1-3-13-11-15-14(7-5-4-6-8-14)12-16(13)9-10-17-2/h13,15H,3-12H2,1-2H3. The van der Waals surface area contributed by atoms with Gasteiger partial charge < -0.3 is 10.1 Å². The molecule has 0 aromatic rings. The minimum atomic E-state index is 0.428. The average molecular weight is 240 g/mol. The van der Waals surface area contributed by atoms with Crippen molar-refractivity contribution in [2.45, 2.75) is 57.0 Å². The van der Waals surface area contributed by atoms with Crippen molar-refractivity contribution in [3.05, 3.63) is 0 Å². The summed E-state index contributed by atoms with van der Waals surface area (Å²) in [5, 5.41) is 3.86. The van der Waals surface area contributed by atoms with Gasteiger partial charge in [-0.05, 0) is 19.3 Å². The largest absolute Gasteiger partial charge is 0.383 e. The lowest BCUT2D eigenvalue weighted by Crippen LogP contribution is -2.65. The smallest absolute Gasteiger partial charge is 0.0589 e. The maximum absolute atomic E-state index is 5.25. The Hall–Kier alpha value is -0.120. The predicted octanol–water partition coefficient (Wildman–Crippen LogP) is 2.02. The third-order valence-corrected chi connectivity index (χ3v) is 4.60. The Labute approximate surface area is 106 Å². The Balaban J connectivity index is 1.95. The molecule has 1 aliphatic carbocycles. The van der Waals surface area contributed by atoms with Crippen LogP contribution in [-0.4, -0.2) is 49.8 Å². The Bertz CT molecular complexity index is 226. The van der Waals surface area contributed by atoms with Gasteiger partial charge in [-0.15, -0.1) is 0 Å². The van der Waals surface area contributed by atoms with Gasteiger partial charge in [-0.1, -0.05) is 26.2 Å². The van der Waals surface area contributed by atoms with Crippen LogP contribution in [0.2, 0.25) is 0 Å². The molecule has 100 valence electrons. The van der Waals surface area contributed by atoms with Crippen LogP contribution in [0, 0.1) is 0 Å². The molecular weight excluding hydrogens is 212 g/mol. The monoisotopic (exact) mass is 240 g/mol. The number of nitrogens with one attached hydrogen (secondary N) is 1. The van der Waals surface area contributed by atoms with E-state index in [1.54, 1.807) is 7.11 Å². The highest BCUT2D eigenvalue weighted by Gasteiger charge is 2.38. The van der Waals surface area contributed by atoms with Crippen molar-refractivity contribution >= 4 is 0 Å². The van der Waals surface area contributed by atoms with Gasteiger partial charge in [0.05, 0.1) is 6.61 Å². The Kier molecular flexibility index (Phi) is 4.83. The van der Waals surface area contributed by atoms with Crippen LogP contribution in [0.15, 0.2) is 0 Å². The zero-order chi connectivity index (χ0) is 12.1. The first-order valence-corrected chi connectivity index (χ1v) is 7.28. The highest BCUT2D eigenvalue weighted by Crippen LogP contribution is 2.32. The topological polar surface area (TPSA) is 24.5 Å². The molecule has 1 atom stereocenters. The van der Waals surface area contributed by atoms with E-state index < -0.39 is 0 Å². The number of methoxy groups -OCH3 is 1. The fraction of sp³-hybridized carbons (Fsp3) is 1.00. The molecule has 0 radical (unpaired) electrons. The molecule has 2 aliphatic rings. The van der Waals surface area contributed by atoms with Crippen LogP contribution in [0.25, 0.3) is 0 Å². The van der Waals surface area contributed by atoms with E-state index in [2.05, 4.69) is 17.1 Å². The molecule has 2 fully saturated rings. The van der Waals surface area contributed by atoms with Crippen LogP contribution in [-0.2, 0) is 4.74 Å². The van der Waals surface area contributed by atoms with Crippen molar-refractivity contribution in [1.29, 1.82) is 0 Å². The van der Waals surface area contributed by atoms with E-state index in [9.17, 15) is 0 Å². The number of ether oxygens (including phenoxy) is 1. The van der Waals surface area contributed by atoms with E-state index in [1.165, 1.54) is 51.6 Å². The van der Waals surface area contributed by atoms with Gasteiger partial charge in [-0.2, -0.15) is 0 Å². The zero-order valence-electron chi connectivity index (χ0n) is 11.5. The highest BCUT2D eigenvalue weighted by molar-refractivity contribution is 4.99. The molecule has 17 heavy (non-hydrogen) atoms. The van der Waals surface area contributed by atoms with Crippen LogP contribution < -0.4 is 5.32 Å². The normalized spacial score (nSPS) is 29.6. The van der Waals surface area contributed by atoms with Gasteiger partial charge >= 0.3 is 0 Å². The Morgan fingerprint density at radius 3 is 2.71 bits per heavy atom. The first-order valence-electron chi connectivity index (χ1n) is 7.28. The van der Waals surface area contributed by atoms with Crippen molar-refractivity contribution in [1.82, 2.24) is 10.2 Å². The minimum Gasteiger partial charge on any atom is -0.383 e. The molecule has 1 aliphatic heterocycles. The van der Waals surface area contributed by atoms with Gasteiger partial charge in [0.25, 0.3) is 0 Å². The van der Waals surface area contributed by atoms with Crippen LogP contribution >= 0.6 is 0 Å². The molecule has 0 aromatic heterocycles. The van der Waals surface area contributed by atoms with Crippen molar-refractivity contribution < 1.29 is 4.74 Å². The molecule has 1 heterocycles. The second-order valence-electron chi connectivity index (χ2n) is 5.75. The van der Waals surface area contributed by atoms with E-state index in [4.69, 9.17) is 4.74 Å². The predicted molar refractivity (Wildman–Crippen MR) is 71.3 cm³/mol. The second kappa shape index (κ2) is 6.17. The molecule has 1 N–H and O–H groups in total. The molecule has 1 unspecified atom stereocenters. The molecule has 1 saturated carbocycles. The number of hydrogen-bond acceptors (Lipinski definition) is 3. The van der Waals surface area contributed by atoms with E-state index in [0.29, 0.717) is 11.6 Å². The molecule has 2 rings (SSSR count). The van der Waals surface area contributed by atoms with Gasteiger partial charge in [0.2, 0.25) is 0 Å². The number of nitrogens with zero attached hydrogens (tertiary/aromatic N) is 1. The lowest BCUT2D eigenvalue weighted by Gasteiger charge is -2.49. The average Bonchev–Trinajstić information content (AvgIpc) is 2.37. The van der Waals surface area contributed by atoms with Gasteiger partial charge in [0.15, 0.2) is 0 Å². The van der Waals surface area contributed by atoms with Crippen LogP contribution in [0.4, 0.5) is 0 Å². The van der Waals surface area contributed by atoms with Crippen LogP contribution in [0.3, 0.4) is 0 Å². The van der Waals surface area contributed by atoms with Gasteiger partial charge in [0.1, 0.15) is 0 Å². The summed E-state index contributed by atoms with van der Waals surface area (Å²) in [6.45, 7) is 6.66. The molecule has 0 amide bonds. The van der Waals surface area contributed by atoms with E-state index in [0.717, 1.165) is 13.2 Å². The summed E-state index contributed by atoms with van der Waals surface area (Å²) in [5.41, 5.74) is 0.428. The first kappa shape index (κ1) is 13.3. The van der Waals surface area contributed by atoms with Gasteiger partial charge in [-0.3, -0.25) is 4.90 Å². The van der Waals surface area contributed by atoms with Gasteiger partial charge in [-0.25, -0.2) is 0 Å². The summed E-state index contributed by atoms with van der Waals surface area (Å²) in [4.78, 5) is 2.66. The lowest BCUT2D eigenvalue weighted by molar-refractivity contribution is 0.0352. The Morgan fingerprint density at radius 2 is 2.06 bits per heavy atom. The van der Waals surface area contributed by atoms with Crippen molar-refractivity contribution in [2.75, 3.05) is 33.4 Å². The zero-order valence-corrected chi connectivity index (χ0v) is 11.5. The summed E-state index contributed by atoms with van der Waals surface area (Å²) in [5.74, 6) is 0. The third-order valence-electron chi connectivity index (χ3n) is 4.60. The second-order valence-corrected chi connectivity index (χ2v) is 5.75. The summed E-state index contributed by atoms with van der Waals surface area (Å²) < 4.78 is 5.25. The fourth-order valence-electron chi connectivity index (χ4n) is 3.47. The maximum Gasteiger partial charge on any atom is 0.0589 e. The van der Waals surface area contributed by atoms with Crippen LogP contribution in [0.5, 0.6) is 0 Å². The van der Waals surface area contributed by atoms with E-state index in [-0.39, 0.29) is 0 Å². The molecule has 0 aromatic carbocycles. The Morgan fingerprint density at radius 1 is 1.29 bits per heavy atom. The maximum atomic E-state index is 5.25. The number of rotatable bonds is 4. The minimum absolute atomic E-state index is 0.428. The third kappa shape index (κ3) is 3.21. The summed E-state index contributed by atoms with van der Waals surface area (Å²) in [6.07, 6.45) is 8.22.